The van der Waals surface area contributed by atoms with Crippen LogP contribution in [-0.4, -0.2) is 18.3 Å². The molecule has 1 amide bonds. The molecule has 0 saturated carbocycles. The summed E-state index contributed by atoms with van der Waals surface area (Å²) in [4.78, 5) is 14.9. The third-order valence-electron chi connectivity index (χ3n) is 1.26. The molecule has 3 nitrogen and oxygen atoms in total. The lowest BCUT2D eigenvalue weighted by molar-refractivity contribution is 0.0980. The van der Waals surface area contributed by atoms with E-state index in [2.05, 4.69) is 10.2 Å². The summed E-state index contributed by atoms with van der Waals surface area (Å²) in [7, 11) is 0.647. The zero-order valence-corrected chi connectivity index (χ0v) is 6.37. The molecule has 0 aliphatic heterocycles. The Hall–Kier alpha value is -1.32. The van der Waals surface area contributed by atoms with Crippen LogP contribution in [0.3, 0.4) is 0 Å². The van der Waals surface area contributed by atoms with Crippen LogP contribution in [-0.2, 0) is 0 Å². The first-order valence-corrected chi connectivity index (χ1v) is 3.53. The molecule has 0 saturated heterocycles. The lowest BCUT2D eigenvalue weighted by Gasteiger charge is -1.98. The second kappa shape index (κ2) is 3.76. The molecule has 0 aromatic carbocycles. The van der Waals surface area contributed by atoms with Gasteiger partial charge in [0, 0.05) is 12.4 Å². The number of hydrogen-bond acceptors (Lipinski definition) is 2. The van der Waals surface area contributed by atoms with E-state index in [-0.39, 0.29) is 5.91 Å². The van der Waals surface area contributed by atoms with Crippen molar-refractivity contribution in [1.29, 1.82) is 0 Å². The van der Waals surface area contributed by atoms with Crippen molar-refractivity contribution in [2.45, 2.75) is 6.82 Å². The third-order valence-corrected chi connectivity index (χ3v) is 1.26. The van der Waals surface area contributed by atoms with E-state index in [0.29, 0.717) is 13.0 Å². The van der Waals surface area contributed by atoms with E-state index < -0.39 is 0 Å². The number of carbonyl (C=O) groups is 1. The van der Waals surface area contributed by atoms with Gasteiger partial charge >= 0.3 is 0 Å². The summed E-state index contributed by atoms with van der Waals surface area (Å²) in [5.41, 5.74) is 0.606. The fourth-order valence-corrected chi connectivity index (χ4v) is 0.760. The second-order valence-corrected chi connectivity index (χ2v) is 2.10. The highest BCUT2D eigenvalue weighted by Gasteiger charge is 2.01. The molecule has 1 heterocycles. The van der Waals surface area contributed by atoms with Crippen LogP contribution in [0.25, 0.3) is 0 Å². The lowest BCUT2D eigenvalue weighted by Crippen LogP contribution is -2.25. The van der Waals surface area contributed by atoms with E-state index in [1.54, 1.807) is 24.5 Å². The van der Waals surface area contributed by atoms with Crippen LogP contribution < -0.4 is 5.23 Å². The molecule has 0 aliphatic carbocycles. The van der Waals surface area contributed by atoms with Gasteiger partial charge in [0.15, 0.2) is 0 Å². The Morgan fingerprint density at radius 2 is 2.55 bits per heavy atom. The van der Waals surface area contributed by atoms with Gasteiger partial charge < -0.3 is 5.23 Å². The third kappa shape index (κ3) is 2.07. The SMILES string of the molecule is CBNC(=O)c1cccnc1. The smallest absolute Gasteiger partial charge is 0.240 e. The highest BCUT2D eigenvalue weighted by molar-refractivity contribution is 6.36. The molecule has 1 N–H and O–H groups in total. The zero-order chi connectivity index (χ0) is 8.10. The van der Waals surface area contributed by atoms with Crippen LogP contribution in [0.5, 0.6) is 0 Å². The minimum atomic E-state index is -0.0689. The van der Waals surface area contributed by atoms with E-state index in [1.165, 1.54) is 0 Å². The minimum absolute atomic E-state index is 0.0689. The zero-order valence-electron chi connectivity index (χ0n) is 6.37. The van der Waals surface area contributed by atoms with Crippen LogP contribution in [0.15, 0.2) is 24.5 Å². The summed E-state index contributed by atoms with van der Waals surface area (Å²) in [5.74, 6) is -0.0689. The summed E-state index contributed by atoms with van der Waals surface area (Å²) in [6.07, 6.45) is 3.19. The van der Waals surface area contributed by atoms with Crippen LogP contribution in [0, 0.1) is 0 Å². The topological polar surface area (TPSA) is 42.0 Å². The van der Waals surface area contributed by atoms with E-state index >= 15 is 0 Å². The summed E-state index contributed by atoms with van der Waals surface area (Å²) < 4.78 is 0. The molecule has 0 fully saturated rings. The number of aromatic nitrogens is 1. The molecule has 4 heteroatoms. The molecular weight excluding hydrogens is 139 g/mol. The fourth-order valence-electron chi connectivity index (χ4n) is 0.760. The van der Waals surface area contributed by atoms with Crippen molar-refractivity contribution in [3.63, 3.8) is 0 Å². The fraction of sp³-hybridized carbons (Fsp3) is 0.143. The lowest BCUT2D eigenvalue weighted by atomic mass is 10.00. The first-order chi connectivity index (χ1) is 5.34. The van der Waals surface area contributed by atoms with Gasteiger partial charge in [-0.15, -0.1) is 0 Å². The Morgan fingerprint density at radius 1 is 1.73 bits per heavy atom. The molecule has 0 spiro atoms. The van der Waals surface area contributed by atoms with E-state index in [1.807, 2.05) is 6.82 Å². The molecule has 1 aromatic rings. The van der Waals surface area contributed by atoms with Gasteiger partial charge in [-0.05, 0) is 12.1 Å². The van der Waals surface area contributed by atoms with Crippen LogP contribution in [0.4, 0.5) is 0 Å². The summed E-state index contributed by atoms with van der Waals surface area (Å²) in [5, 5.41) is 2.68. The Labute approximate surface area is 66.1 Å². The van der Waals surface area contributed by atoms with Gasteiger partial charge in [-0.3, -0.25) is 9.78 Å². The van der Waals surface area contributed by atoms with Gasteiger partial charge in [0.05, 0.1) is 5.56 Å². The van der Waals surface area contributed by atoms with Crippen molar-refractivity contribution in [1.82, 2.24) is 10.2 Å². The van der Waals surface area contributed by atoms with Crippen molar-refractivity contribution < 1.29 is 4.79 Å². The molecule has 56 valence electrons. The number of pyridine rings is 1. The van der Waals surface area contributed by atoms with Crippen LogP contribution in [0.1, 0.15) is 10.4 Å². The average molecular weight is 148 g/mol. The second-order valence-electron chi connectivity index (χ2n) is 2.10. The maximum absolute atomic E-state index is 11.1. The normalized spacial score (nSPS) is 8.82. The van der Waals surface area contributed by atoms with Crippen LogP contribution >= 0.6 is 0 Å². The highest BCUT2D eigenvalue weighted by Crippen LogP contribution is 1.93. The van der Waals surface area contributed by atoms with Gasteiger partial charge in [0.1, 0.15) is 0 Å². The van der Waals surface area contributed by atoms with Crippen molar-refractivity contribution in [3.05, 3.63) is 30.1 Å². The Kier molecular flexibility index (Phi) is 2.66. The number of rotatable bonds is 2. The number of amides is 1. The van der Waals surface area contributed by atoms with E-state index in [4.69, 9.17) is 0 Å². The number of carbonyl (C=O) groups excluding carboxylic acids is 1. The van der Waals surface area contributed by atoms with Crippen molar-refractivity contribution in [3.8, 4) is 0 Å². The minimum Gasteiger partial charge on any atom is -0.399 e. The van der Waals surface area contributed by atoms with Gasteiger partial charge in [0.2, 0.25) is 13.3 Å². The quantitative estimate of drug-likeness (QED) is 0.609. The van der Waals surface area contributed by atoms with E-state index in [0.717, 1.165) is 0 Å². The summed E-state index contributed by atoms with van der Waals surface area (Å²) >= 11 is 0. The summed E-state index contributed by atoms with van der Waals surface area (Å²) in [6, 6.07) is 3.47. The highest BCUT2D eigenvalue weighted by atomic mass is 16.1. The van der Waals surface area contributed by atoms with Gasteiger partial charge in [-0.25, -0.2) is 0 Å². The average Bonchev–Trinajstić information content (AvgIpc) is 2.07. The first kappa shape index (κ1) is 7.79. The maximum Gasteiger partial charge on any atom is 0.240 e. The molecule has 0 bridgehead atoms. The molecule has 11 heavy (non-hydrogen) atoms. The maximum atomic E-state index is 11.1. The molecule has 0 atom stereocenters. The van der Waals surface area contributed by atoms with Gasteiger partial charge in [-0.1, -0.05) is 6.82 Å². The largest absolute Gasteiger partial charge is 0.399 e. The van der Waals surface area contributed by atoms with E-state index in [9.17, 15) is 4.79 Å². The number of nitrogens with one attached hydrogen (secondary N) is 1. The molecule has 1 rings (SSSR count). The van der Waals surface area contributed by atoms with Crippen molar-refractivity contribution in [2.75, 3.05) is 0 Å². The molecule has 0 aliphatic rings. The Morgan fingerprint density at radius 3 is 3.09 bits per heavy atom. The predicted octanol–water partition coefficient (Wildman–Crippen LogP) is 0.211. The monoisotopic (exact) mass is 148 g/mol. The standard InChI is InChI=1S/C7H9BN2O/c1-8-10-7(11)6-3-2-4-9-5-6/h2-5,8H,1H3,(H,10,11). The Bertz CT molecular complexity index is 237. The molecule has 0 radical (unpaired) electrons. The predicted molar refractivity (Wildman–Crippen MR) is 44.7 cm³/mol. The van der Waals surface area contributed by atoms with Crippen molar-refractivity contribution in [2.24, 2.45) is 0 Å². The van der Waals surface area contributed by atoms with Gasteiger partial charge in [0.25, 0.3) is 0 Å². The number of hydrogen-bond donors (Lipinski definition) is 1. The van der Waals surface area contributed by atoms with Crippen LogP contribution in [0.2, 0.25) is 6.82 Å². The van der Waals surface area contributed by atoms with Crippen molar-refractivity contribution >= 4 is 13.3 Å². The first-order valence-electron chi connectivity index (χ1n) is 3.53. The van der Waals surface area contributed by atoms with Gasteiger partial charge in [-0.2, -0.15) is 0 Å². The molecule has 0 unspecified atom stereocenters. The summed E-state index contributed by atoms with van der Waals surface area (Å²) in [6.45, 7) is 1.88. The Balaban J connectivity index is 2.69. The number of nitrogens with zero attached hydrogens (tertiary/aromatic N) is 1. The molecular formula is C7H9BN2O. The molecule has 1 aromatic heterocycles.